The summed E-state index contributed by atoms with van der Waals surface area (Å²) in [5.74, 6) is -1.06. The fourth-order valence-corrected chi connectivity index (χ4v) is 2.21. The van der Waals surface area contributed by atoms with Crippen molar-refractivity contribution >= 4 is 5.97 Å². The Kier molecular flexibility index (Phi) is 5.85. The van der Waals surface area contributed by atoms with Crippen LogP contribution in [0.25, 0.3) is 0 Å². The van der Waals surface area contributed by atoms with Gasteiger partial charge in [0.15, 0.2) is 0 Å². The Balaban J connectivity index is 3.02. The minimum absolute atomic E-state index is 0.0638. The zero-order chi connectivity index (χ0) is 18.0. The van der Waals surface area contributed by atoms with E-state index in [-0.39, 0.29) is 23.1 Å². The van der Waals surface area contributed by atoms with Gasteiger partial charge in [-0.05, 0) is 36.1 Å². The summed E-state index contributed by atoms with van der Waals surface area (Å²) in [5, 5.41) is 8.88. The van der Waals surface area contributed by atoms with E-state index < -0.39 is 17.7 Å². The van der Waals surface area contributed by atoms with Crippen molar-refractivity contribution in [2.75, 3.05) is 13.6 Å². The first-order valence-electron chi connectivity index (χ1n) is 7.44. The highest BCUT2D eigenvalue weighted by atomic mass is 19.4. The SMILES string of the molecule is CC(CN(C)Cc1ccc(C(=O)O)cc1C(F)(F)F)C(C)(C)C. The molecule has 3 nitrogen and oxygen atoms in total. The first kappa shape index (κ1) is 19.5. The van der Waals surface area contributed by atoms with Crippen molar-refractivity contribution in [3.05, 3.63) is 34.9 Å². The Hall–Kier alpha value is -1.56. The Bertz CT molecular complexity index is 562. The van der Waals surface area contributed by atoms with Crippen LogP contribution in [0.5, 0.6) is 0 Å². The molecule has 0 bridgehead atoms. The lowest BCUT2D eigenvalue weighted by atomic mass is 9.82. The van der Waals surface area contributed by atoms with Gasteiger partial charge in [-0.15, -0.1) is 0 Å². The Labute approximate surface area is 135 Å². The highest BCUT2D eigenvalue weighted by Crippen LogP contribution is 2.34. The van der Waals surface area contributed by atoms with Crippen molar-refractivity contribution in [1.82, 2.24) is 4.90 Å². The van der Waals surface area contributed by atoms with E-state index in [1.807, 2.05) is 4.90 Å². The van der Waals surface area contributed by atoms with Crippen LogP contribution in [-0.4, -0.2) is 29.6 Å². The first-order chi connectivity index (χ1) is 10.3. The molecule has 0 saturated carbocycles. The zero-order valence-corrected chi connectivity index (χ0v) is 14.2. The van der Waals surface area contributed by atoms with E-state index in [2.05, 4.69) is 27.7 Å². The Morgan fingerprint density at radius 2 is 1.83 bits per heavy atom. The number of hydrogen-bond donors (Lipinski definition) is 1. The highest BCUT2D eigenvalue weighted by Gasteiger charge is 2.34. The Morgan fingerprint density at radius 1 is 1.26 bits per heavy atom. The molecule has 0 amide bonds. The van der Waals surface area contributed by atoms with Gasteiger partial charge in [-0.2, -0.15) is 13.2 Å². The van der Waals surface area contributed by atoms with Crippen molar-refractivity contribution in [2.45, 2.75) is 40.4 Å². The summed E-state index contributed by atoms with van der Waals surface area (Å²) in [7, 11) is 1.77. The summed E-state index contributed by atoms with van der Waals surface area (Å²) < 4.78 is 39.5. The normalized spacial score (nSPS) is 14.1. The first-order valence-corrected chi connectivity index (χ1v) is 7.44. The van der Waals surface area contributed by atoms with Crippen LogP contribution in [0.2, 0.25) is 0 Å². The van der Waals surface area contributed by atoms with Crippen LogP contribution >= 0.6 is 0 Å². The molecule has 0 aliphatic rings. The van der Waals surface area contributed by atoms with Crippen LogP contribution in [0.4, 0.5) is 13.2 Å². The molecule has 1 N–H and O–H groups in total. The average Bonchev–Trinajstić information content (AvgIpc) is 2.36. The van der Waals surface area contributed by atoms with Gasteiger partial charge in [0.05, 0.1) is 11.1 Å². The molecule has 1 atom stereocenters. The lowest BCUT2D eigenvalue weighted by molar-refractivity contribution is -0.138. The van der Waals surface area contributed by atoms with Crippen molar-refractivity contribution in [3.8, 4) is 0 Å². The van der Waals surface area contributed by atoms with Gasteiger partial charge in [0.2, 0.25) is 0 Å². The van der Waals surface area contributed by atoms with Crippen LogP contribution in [0.1, 0.15) is 49.2 Å². The predicted octanol–water partition coefficient (Wildman–Crippen LogP) is 4.52. The number of nitrogens with zero attached hydrogens (tertiary/aromatic N) is 1. The number of rotatable bonds is 5. The number of aromatic carboxylic acids is 1. The van der Waals surface area contributed by atoms with E-state index in [0.717, 1.165) is 0 Å². The maximum atomic E-state index is 13.2. The van der Waals surface area contributed by atoms with Gasteiger partial charge in [0.1, 0.15) is 0 Å². The zero-order valence-electron chi connectivity index (χ0n) is 14.2. The molecular weight excluding hydrogens is 307 g/mol. The molecule has 1 aromatic carbocycles. The summed E-state index contributed by atoms with van der Waals surface area (Å²) in [6.07, 6.45) is -4.57. The Morgan fingerprint density at radius 3 is 2.26 bits per heavy atom. The molecular formula is C17H24F3NO2. The van der Waals surface area contributed by atoms with Crippen molar-refractivity contribution in [2.24, 2.45) is 11.3 Å². The van der Waals surface area contributed by atoms with Gasteiger partial charge >= 0.3 is 12.1 Å². The number of carbonyl (C=O) groups is 1. The van der Waals surface area contributed by atoms with E-state index in [1.54, 1.807) is 7.05 Å². The molecule has 0 fully saturated rings. The van der Waals surface area contributed by atoms with E-state index >= 15 is 0 Å². The number of benzene rings is 1. The standard InChI is InChI=1S/C17H24F3NO2/c1-11(16(2,3)4)9-21(5)10-13-7-6-12(15(22)23)8-14(13)17(18,19)20/h6-8,11H,9-10H2,1-5H3,(H,22,23). The van der Waals surface area contributed by atoms with Gasteiger partial charge in [-0.1, -0.05) is 33.8 Å². The highest BCUT2D eigenvalue weighted by molar-refractivity contribution is 5.88. The van der Waals surface area contributed by atoms with Gasteiger partial charge in [-0.25, -0.2) is 4.79 Å². The minimum Gasteiger partial charge on any atom is -0.478 e. The van der Waals surface area contributed by atoms with E-state index in [0.29, 0.717) is 18.5 Å². The molecule has 1 aromatic rings. The van der Waals surface area contributed by atoms with Crippen LogP contribution < -0.4 is 0 Å². The maximum absolute atomic E-state index is 13.2. The second kappa shape index (κ2) is 6.91. The van der Waals surface area contributed by atoms with Gasteiger partial charge < -0.3 is 10.0 Å². The number of hydrogen-bond acceptors (Lipinski definition) is 2. The van der Waals surface area contributed by atoms with E-state index in [1.165, 1.54) is 12.1 Å². The van der Waals surface area contributed by atoms with Crippen molar-refractivity contribution < 1.29 is 23.1 Å². The number of alkyl halides is 3. The number of carboxylic acid groups (broad SMARTS) is 1. The lowest BCUT2D eigenvalue weighted by Crippen LogP contribution is -2.31. The molecule has 0 saturated heterocycles. The minimum atomic E-state index is -4.57. The molecule has 0 radical (unpaired) electrons. The molecule has 0 aliphatic carbocycles. The second-order valence-corrected chi connectivity index (χ2v) is 7.14. The smallest absolute Gasteiger partial charge is 0.416 e. The fraction of sp³-hybridized carbons (Fsp3) is 0.588. The molecule has 130 valence electrons. The quantitative estimate of drug-likeness (QED) is 0.862. The van der Waals surface area contributed by atoms with Crippen LogP contribution in [0.3, 0.4) is 0 Å². The second-order valence-electron chi connectivity index (χ2n) is 7.14. The van der Waals surface area contributed by atoms with Crippen LogP contribution in [0.15, 0.2) is 18.2 Å². The van der Waals surface area contributed by atoms with E-state index in [4.69, 9.17) is 5.11 Å². The molecule has 0 aromatic heterocycles. The van der Waals surface area contributed by atoms with Gasteiger partial charge in [-0.3, -0.25) is 0 Å². The van der Waals surface area contributed by atoms with Gasteiger partial charge in [0, 0.05) is 13.1 Å². The van der Waals surface area contributed by atoms with Gasteiger partial charge in [0.25, 0.3) is 0 Å². The monoisotopic (exact) mass is 331 g/mol. The van der Waals surface area contributed by atoms with Crippen molar-refractivity contribution in [3.63, 3.8) is 0 Å². The predicted molar refractivity (Wildman–Crippen MR) is 83.4 cm³/mol. The molecule has 23 heavy (non-hydrogen) atoms. The summed E-state index contributed by atoms with van der Waals surface area (Å²) in [5.41, 5.74) is -1.08. The summed E-state index contributed by atoms with van der Waals surface area (Å²) >= 11 is 0. The third-order valence-corrected chi connectivity index (χ3v) is 4.17. The lowest BCUT2D eigenvalue weighted by Gasteiger charge is -2.31. The average molecular weight is 331 g/mol. The molecule has 1 rings (SSSR count). The molecule has 0 heterocycles. The van der Waals surface area contributed by atoms with Crippen molar-refractivity contribution in [1.29, 1.82) is 0 Å². The van der Waals surface area contributed by atoms with E-state index in [9.17, 15) is 18.0 Å². The summed E-state index contributed by atoms with van der Waals surface area (Å²) in [6.45, 7) is 9.11. The summed E-state index contributed by atoms with van der Waals surface area (Å²) in [6, 6.07) is 3.18. The largest absolute Gasteiger partial charge is 0.478 e. The third-order valence-electron chi connectivity index (χ3n) is 4.17. The maximum Gasteiger partial charge on any atom is 0.416 e. The van der Waals surface area contributed by atoms with Crippen LogP contribution in [-0.2, 0) is 12.7 Å². The number of halogens is 3. The molecule has 0 aliphatic heterocycles. The molecule has 0 spiro atoms. The van der Waals surface area contributed by atoms with Crippen LogP contribution in [0, 0.1) is 11.3 Å². The summed E-state index contributed by atoms with van der Waals surface area (Å²) in [4.78, 5) is 12.7. The third kappa shape index (κ3) is 5.53. The fourth-order valence-electron chi connectivity index (χ4n) is 2.21. The number of carboxylic acids is 1. The topological polar surface area (TPSA) is 40.5 Å². The molecule has 6 heteroatoms. The molecule has 1 unspecified atom stereocenters.